The fourth-order valence-electron chi connectivity index (χ4n) is 2.14. The second-order valence-corrected chi connectivity index (χ2v) is 4.84. The minimum Gasteiger partial charge on any atom is -0.432 e. The summed E-state index contributed by atoms with van der Waals surface area (Å²) in [6.07, 6.45) is 0. The zero-order valence-corrected chi connectivity index (χ0v) is 12.3. The Labute approximate surface area is 131 Å². The lowest BCUT2D eigenvalue weighted by atomic mass is 10.1. The first kappa shape index (κ1) is 16.7. The predicted octanol–water partition coefficient (Wildman–Crippen LogP) is 3.45. The largest absolute Gasteiger partial charge is 0.432 e. The van der Waals surface area contributed by atoms with Crippen molar-refractivity contribution < 1.29 is 22.7 Å². The maximum absolute atomic E-state index is 13.6. The number of nitrogens with two attached hydrogens (primary N) is 1. The monoisotopic (exact) mass is 324 g/mol. The Hall–Kier alpha value is -2.70. The standard InChI is InChI=1S/C16H15F3N2O2/c1-9-11(15(20)22)3-2-4-13(9)21-8-10-5-6-14(12(17)7-10)23-16(18)19/h2-7,16,21H,8H2,1H3,(H2,20,22). The smallest absolute Gasteiger partial charge is 0.387 e. The lowest BCUT2D eigenvalue weighted by Crippen LogP contribution is -2.14. The van der Waals surface area contributed by atoms with Gasteiger partial charge in [-0.1, -0.05) is 12.1 Å². The van der Waals surface area contributed by atoms with E-state index >= 15 is 0 Å². The summed E-state index contributed by atoms with van der Waals surface area (Å²) in [4.78, 5) is 11.3. The number of amides is 1. The van der Waals surface area contributed by atoms with E-state index in [1.54, 1.807) is 25.1 Å². The molecule has 23 heavy (non-hydrogen) atoms. The van der Waals surface area contributed by atoms with Gasteiger partial charge in [-0.3, -0.25) is 4.79 Å². The summed E-state index contributed by atoms with van der Waals surface area (Å²) in [7, 11) is 0. The van der Waals surface area contributed by atoms with Crippen molar-refractivity contribution in [1.82, 2.24) is 0 Å². The van der Waals surface area contributed by atoms with Gasteiger partial charge in [-0.05, 0) is 42.3 Å². The first-order valence-electron chi connectivity index (χ1n) is 6.75. The fourth-order valence-corrected chi connectivity index (χ4v) is 2.14. The summed E-state index contributed by atoms with van der Waals surface area (Å²) >= 11 is 0. The highest BCUT2D eigenvalue weighted by atomic mass is 19.3. The van der Waals surface area contributed by atoms with Crippen LogP contribution in [0.2, 0.25) is 0 Å². The molecule has 4 nitrogen and oxygen atoms in total. The van der Waals surface area contributed by atoms with Gasteiger partial charge in [0.25, 0.3) is 0 Å². The summed E-state index contributed by atoms with van der Waals surface area (Å²) in [6, 6.07) is 8.77. The lowest BCUT2D eigenvalue weighted by molar-refractivity contribution is -0.0522. The zero-order chi connectivity index (χ0) is 17.0. The number of primary amides is 1. The second-order valence-electron chi connectivity index (χ2n) is 4.84. The van der Waals surface area contributed by atoms with E-state index in [2.05, 4.69) is 10.1 Å². The van der Waals surface area contributed by atoms with E-state index in [0.29, 0.717) is 22.4 Å². The number of anilines is 1. The second kappa shape index (κ2) is 7.04. The van der Waals surface area contributed by atoms with E-state index in [0.717, 1.165) is 12.1 Å². The molecule has 0 fully saturated rings. The highest BCUT2D eigenvalue weighted by Crippen LogP contribution is 2.22. The van der Waals surface area contributed by atoms with Crippen molar-refractivity contribution in [2.24, 2.45) is 5.73 Å². The predicted molar refractivity (Wildman–Crippen MR) is 80.1 cm³/mol. The molecule has 0 atom stereocenters. The first-order chi connectivity index (χ1) is 10.9. The number of hydrogen-bond acceptors (Lipinski definition) is 3. The Kier molecular flexibility index (Phi) is 5.10. The quantitative estimate of drug-likeness (QED) is 0.855. The number of ether oxygens (including phenoxy) is 1. The van der Waals surface area contributed by atoms with E-state index in [-0.39, 0.29) is 6.54 Å². The van der Waals surface area contributed by atoms with E-state index in [9.17, 15) is 18.0 Å². The maximum atomic E-state index is 13.6. The third kappa shape index (κ3) is 4.15. The molecular weight excluding hydrogens is 309 g/mol. The molecule has 0 aliphatic heterocycles. The van der Waals surface area contributed by atoms with Gasteiger partial charge in [0.2, 0.25) is 5.91 Å². The molecule has 0 saturated carbocycles. The zero-order valence-electron chi connectivity index (χ0n) is 12.3. The van der Waals surface area contributed by atoms with Crippen molar-refractivity contribution >= 4 is 11.6 Å². The molecule has 2 aromatic carbocycles. The van der Waals surface area contributed by atoms with Crippen LogP contribution in [0.1, 0.15) is 21.5 Å². The van der Waals surface area contributed by atoms with Crippen molar-refractivity contribution in [2.75, 3.05) is 5.32 Å². The molecule has 0 unspecified atom stereocenters. The van der Waals surface area contributed by atoms with Crippen molar-refractivity contribution in [2.45, 2.75) is 20.1 Å². The molecule has 0 spiro atoms. The van der Waals surface area contributed by atoms with Crippen LogP contribution in [-0.4, -0.2) is 12.5 Å². The number of halogens is 3. The number of benzene rings is 2. The van der Waals surface area contributed by atoms with E-state index in [4.69, 9.17) is 5.73 Å². The molecule has 3 N–H and O–H groups in total. The molecule has 2 aromatic rings. The third-order valence-corrected chi connectivity index (χ3v) is 3.29. The van der Waals surface area contributed by atoms with Crippen molar-refractivity contribution in [1.29, 1.82) is 0 Å². The highest BCUT2D eigenvalue weighted by molar-refractivity contribution is 5.95. The molecular formula is C16H15F3N2O2. The van der Waals surface area contributed by atoms with Gasteiger partial charge in [0.05, 0.1) is 0 Å². The summed E-state index contributed by atoms with van der Waals surface area (Å²) in [6.45, 7) is -1.09. The van der Waals surface area contributed by atoms with Gasteiger partial charge in [-0.2, -0.15) is 8.78 Å². The molecule has 0 heterocycles. The number of alkyl halides is 2. The van der Waals surface area contributed by atoms with Gasteiger partial charge in [0.15, 0.2) is 11.6 Å². The highest BCUT2D eigenvalue weighted by Gasteiger charge is 2.11. The van der Waals surface area contributed by atoms with Crippen LogP contribution in [0.3, 0.4) is 0 Å². The molecule has 0 aliphatic rings. The molecule has 0 saturated heterocycles. The number of rotatable bonds is 6. The first-order valence-corrected chi connectivity index (χ1v) is 6.75. The van der Waals surface area contributed by atoms with Crippen LogP contribution < -0.4 is 15.8 Å². The van der Waals surface area contributed by atoms with E-state index < -0.39 is 24.1 Å². The Bertz CT molecular complexity index is 720. The Morgan fingerprint density at radius 2 is 2.04 bits per heavy atom. The van der Waals surface area contributed by atoms with Crippen LogP contribution >= 0.6 is 0 Å². The van der Waals surface area contributed by atoms with Gasteiger partial charge in [0.1, 0.15) is 0 Å². The average molecular weight is 324 g/mol. The van der Waals surface area contributed by atoms with Gasteiger partial charge < -0.3 is 15.8 Å². The van der Waals surface area contributed by atoms with Gasteiger partial charge in [0, 0.05) is 17.8 Å². The lowest BCUT2D eigenvalue weighted by Gasteiger charge is -2.12. The van der Waals surface area contributed by atoms with Crippen LogP contribution in [0, 0.1) is 12.7 Å². The average Bonchev–Trinajstić information content (AvgIpc) is 2.48. The van der Waals surface area contributed by atoms with Crippen molar-refractivity contribution in [3.05, 3.63) is 58.9 Å². The molecule has 0 aromatic heterocycles. The van der Waals surface area contributed by atoms with Crippen molar-refractivity contribution in [3.63, 3.8) is 0 Å². The molecule has 0 bridgehead atoms. The maximum Gasteiger partial charge on any atom is 0.387 e. The van der Waals surface area contributed by atoms with Crippen LogP contribution in [0.25, 0.3) is 0 Å². The number of carbonyl (C=O) groups is 1. The minimum atomic E-state index is -3.08. The van der Waals surface area contributed by atoms with Crippen LogP contribution in [-0.2, 0) is 6.54 Å². The number of carbonyl (C=O) groups excluding carboxylic acids is 1. The summed E-state index contributed by atoms with van der Waals surface area (Å²) in [5.41, 5.74) is 7.56. The van der Waals surface area contributed by atoms with Crippen LogP contribution in [0.15, 0.2) is 36.4 Å². The summed E-state index contributed by atoms with van der Waals surface area (Å²) in [5, 5.41) is 3.05. The fraction of sp³-hybridized carbons (Fsp3) is 0.188. The molecule has 1 amide bonds. The van der Waals surface area contributed by atoms with Crippen molar-refractivity contribution in [3.8, 4) is 5.75 Å². The Morgan fingerprint density at radius 3 is 2.65 bits per heavy atom. The summed E-state index contributed by atoms with van der Waals surface area (Å²) < 4.78 is 41.8. The topological polar surface area (TPSA) is 64.3 Å². The van der Waals surface area contributed by atoms with Gasteiger partial charge in [-0.25, -0.2) is 4.39 Å². The Balaban J connectivity index is 2.11. The third-order valence-electron chi connectivity index (χ3n) is 3.29. The molecule has 0 aliphatic carbocycles. The van der Waals surface area contributed by atoms with Gasteiger partial charge >= 0.3 is 6.61 Å². The number of nitrogens with one attached hydrogen (secondary N) is 1. The normalized spacial score (nSPS) is 10.7. The Morgan fingerprint density at radius 1 is 1.30 bits per heavy atom. The SMILES string of the molecule is Cc1c(NCc2ccc(OC(F)F)c(F)c2)cccc1C(N)=O. The van der Waals surface area contributed by atoms with Crippen LogP contribution in [0.5, 0.6) is 5.75 Å². The molecule has 2 rings (SSSR count). The van der Waals surface area contributed by atoms with Gasteiger partial charge in [-0.15, -0.1) is 0 Å². The molecule has 122 valence electrons. The summed E-state index contributed by atoms with van der Waals surface area (Å²) in [5.74, 6) is -1.91. The van der Waals surface area contributed by atoms with E-state index in [1.807, 2.05) is 0 Å². The minimum absolute atomic E-state index is 0.245. The van der Waals surface area contributed by atoms with E-state index in [1.165, 1.54) is 6.07 Å². The van der Waals surface area contributed by atoms with Crippen LogP contribution in [0.4, 0.5) is 18.9 Å². The molecule has 7 heteroatoms. The number of hydrogen-bond donors (Lipinski definition) is 2. The molecule has 0 radical (unpaired) electrons.